The number of ether oxygens (including phenoxy) is 1. The number of amides is 1. The number of hydrogen-bond acceptors (Lipinski definition) is 3. The number of carbonyl (C=O) groups is 1. The van der Waals surface area contributed by atoms with Crippen molar-refractivity contribution in [2.45, 2.75) is 25.7 Å². The zero-order valence-corrected chi connectivity index (χ0v) is 8.37. The van der Waals surface area contributed by atoms with Gasteiger partial charge in [-0.1, -0.05) is 12.8 Å². The third kappa shape index (κ3) is 1.71. The number of aliphatic hydroxyl groups is 1. The number of aliphatic hydroxyl groups excluding tert-OH is 1. The standard InChI is InChI=1S/C10H17NO3/c12-5-6-14-9(13)11-7-10(8-11)3-1-2-4-10/h12H,1-8H2. The van der Waals surface area contributed by atoms with Crippen LogP contribution in [0.3, 0.4) is 0 Å². The Hall–Kier alpha value is -0.770. The van der Waals surface area contributed by atoms with Gasteiger partial charge in [0.1, 0.15) is 6.61 Å². The molecule has 1 saturated heterocycles. The summed E-state index contributed by atoms with van der Waals surface area (Å²) >= 11 is 0. The number of rotatable bonds is 2. The van der Waals surface area contributed by atoms with E-state index in [2.05, 4.69) is 0 Å². The Morgan fingerprint density at radius 1 is 1.36 bits per heavy atom. The zero-order chi connectivity index (χ0) is 10.0. The lowest BCUT2D eigenvalue weighted by molar-refractivity contribution is -0.00367. The first-order chi connectivity index (χ1) is 6.76. The van der Waals surface area contributed by atoms with Crippen molar-refractivity contribution in [1.82, 2.24) is 4.90 Å². The van der Waals surface area contributed by atoms with Crippen molar-refractivity contribution in [2.24, 2.45) is 5.41 Å². The number of likely N-dealkylation sites (tertiary alicyclic amines) is 1. The number of hydrogen-bond donors (Lipinski definition) is 1. The summed E-state index contributed by atoms with van der Waals surface area (Å²) in [6, 6.07) is 0. The Kier molecular flexibility index (Phi) is 2.63. The molecule has 0 atom stereocenters. The molecule has 4 nitrogen and oxygen atoms in total. The van der Waals surface area contributed by atoms with Gasteiger partial charge in [0.25, 0.3) is 0 Å². The molecule has 1 heterocycles. The van der Waals surface area contributed by atoms with Crippen LogP contribution in [0, 0.1) is 5.41 Å². The SMILES string of the molecule is O=C(OCCO)N1CC2(CCCC2)C1. The Bertz CT molecular complexity index is 215. The molecule has 1 aliphatic carbocycles. The first kappa shape index (κ1) is 9.77. The molecule has 80 valence electrons. The lowest BCUT2D eigenvalue weighted by atomic mass is 9.79. The van der Waals surface area contributed by atoms with Crippen LogP contribution in [0.25, 0.3) is 0 Å². The van der Waals surface area contributed by atoms with E-state index in [1.165, 1.54) is 25.7 Å². The maximum atomic E-state index is 11.3. The normalized spacial score (nSPS) is 23.6. The molecule has 4 heteroatoms. The number of nitrogens with zero attached hydrogens (tertiary/aromatic N) is 1. The average Bonchev–Trinajstić information content (AvgIpc) is 2.60. The van der Waals surface area contributed by atoms with Crippen molar-refractivity contribution in [2.75, 3.05) is 26.3 Å². The van der Waals surface area contributed by atoms with Gasteiger partial charge in [0.2, 0.25) is 0 Å². The van der Waals surface area contributed by atoms with Crippen LogP contribution in [0.15, 0.2) is 0 Å². The van der Waals surface area contributed by atoms with Crippen LogP contribution in [-0.2, 0) is 4.74 Å². The Morgan fingerprint density at radius 2 is 2.00 bits per heavy atom. The molecule has 0 unspecified atom stereocenters. The highest BCUT2D eigenvalue weighted by Crippen LogP contribution is 2.45. The van der Waals surface area contributed by atoms with Crippen LogP contribution in [0.1, 0.15) is 25.7 Å². The van der Waals surface area contributed by atoms with E-state index in [-0.39, 0.29) is 19.3 Å². The van der Waals surface area contributed by atoms with Gasteiger partial charge in [0.15, 0.2) is 0 Å². The third-order valence-electron chi connectivity index (χ3n) is 3.29. The third-order valence-corrected chi connectivity index (χ3v) is 3.29. The van der Waals surface area contributed by atoms with Gasteiger partial charge in [0.05, 0.1) is 6.61 Å². The lowest BCUT2D eigenvalue weighted by Gasteiger charge is -2.47. The van der Waals surface area contributed by atoms with Crippen molar-refractivity contribution in [3.05, 3.63) is 0 Å². The van der Waals surface area contributed by atoms with Crippen LogP contribution in [0.5, 0.6) is 0 Å². The highest BCUT2D eigenvalue weighted by Gasteiger charge is 2.47. The average molecular weight is 199 g/mol. The fourth-order valence-electron chi connectivity index (χ4n) is 2.56. The fourth-order valence-corrected chi connectivity index (χ4v) is 2.56. The van der Waals surface area contributed by atoms with Crippen molar-refractivity contribution in [3.63, 3.8) is 0 Å². The molecule has 2 rings (SSSR count). The van der Waals surface area contributed by atoms with E-state index in [0.29, 0.717) is 5.41 Å². The fraction of sp³-hybridized carbons (Fsp3) is 0.900. The highest BCUT2D eigenvalue weighted by atomic mass is 16.6. The molecule has 1 spiro atoms. The van der Waals surface area contributed by atoms with Gasteiger partial charge in [-0.05, 0) is 12.8 Å². The maximum absolute atomic E-state index is 11.3. The molecule has 1 saturated carbocycles. The second kappa shape index (κ2) is 3.77. The largest absolute Gasteiger partial charge is 0.447 e. The van der Waals surface area contributed by atoms with E-state index >= 15 is 0 Å². The van der Waals surface area contributed by atoms with Crippen LogP contribution < -0.4 is 0 Å². The van der Waals surface area contributed by atoms with Gasteiger partial charge in [0, 0.05) is 18.5 Å². The minimum Gasteiger partial charge on any atom is -0.447 e. The quantitative estimate of drug-likeness (QED) is 0.721. The van der Waals surface area contributed by atoms with E-state index in [9.17, 15) is 4.79 Å². The van der Waals surface area contributed by atoms with E-state index in [1.807, 2.05) is 0 Å². The molecular weight excluding hydrogens is 182 g/mol. The van der Waals surface area contributed by atoms with E-state index < -0.39 is 0 Å². The molecule has 14 heavy (non-hydrogen) atoms. The van der Waals surface area contributed by atoms with Gasteiger partial charge in [-0.3, -0.25) is 0 Å². The minimum absolute atomic E-state index is 0.0925. The predicted octanol–water partition coefficient (Wildman–Crippen LogP) is 0.991. The summed E-state index contributed by atoms with van der Waals surface area (Å²) in [5.74, 6) is 0. The molecular formula is C10H17NO3. The topological polar surface area (TPSA) is 49.8 Å². The lowest BCUT2D eigenvalue weighted by Crippen LogP contribution is -2.57. The van der Waals surface area contributed by atoms with Crippen molar-refractivity contribution in [3.8, 4) is 0 Å². The van der Waals surface area contributed by atoms with Gasteiger partial charge < -0.3 is 14.7 Å². The molecule has 0 aromatic carbocycles. The second-order valence-corrected chi connectivity index (χ2v) is 4.40. The Morgan fingerprint density at radius 3 is 2.57 bits per heavy atom. The predicted molar refractivity (Wildman–Crippen MR) is 50.9 cm³/mol. The maximum Gasteiger partial charge on any atom is 0.409 e. The molecule has 0 aromatic heterocycles. The van der Waals surface area contributed by atoms with Crippen LogP contribution >= 0.6 is 0 Å². The first-order valence-electron chi connectivity index (χ1n) is 5.28. The summed E-state index contributed by atoms with van der Waals surface area (Å²) in [5.41, 5.74) is 0.429. The molecule has 1 N–H and O–H groups in total. The molecule has 0 radical (unpaired) electrons. The van der Waals surface area contributed by atoms with E-state index in [0.717, 1.165) is 13.1 Å². The molecule has 1 aliphatic heterocycles. The molecule has 0 aromatic rings. The van der Waals surface area contributed by atoms with Gasteiger partial charge >= 0.3 is 6.09 Å². The van der Waals surface area contributed by atoms with Crippen LogP contribution in [0.2, 0.25) is 0 Å². The van der Waals surface area contributed by atoms with Gasteiger partial charge in [-0.25, -0.2) is 4.79 Å². The smallest absolute Gasteiger partial charge is 0.409 e. The summed E-state index contributed by atoms with van der Waals surface area (Å²) in [6.45, 7) is 1.74. The molecule has 0 bridgehead atoms. The van der Waals surface area contributed by atoms with Crippen molar-refractivity contribution < 1.29 is 14.6 Å². The molecule has 2 aliphatic rings. The second-order valence-electron chi connectivity index (χ2n) is 4.40. The monoisotopic (exact) mass is 199 g/mol. The molecule has 1 amide bonds. The zero-order valence-electron chi connectivity index (χ0n) is 8.37. The van der Waals surface area contributed by atoms with Gasteiger partial charge in [-0.15, -0.1) is 0 Å². The Labute approximate surface area is 83.8 Å². The minimum atomic E-state index is -0.267. The molecule has 2 fully saturated rings. The summed E-state index contributed by atoms with van der Waals surface area (Å²) < 4.78 is 4.83. The highest BCUT2D eigenvalue weighted by molar-refractivity contribution is 5.69. The van der Waals surface area contributed by atoms with Crippen LogP contribution in [0.4, 0.5) is 4.79 Å². The van der Waals surface area contributed by atoms with Crippen molar-refractivity contribution >= 4 is 6.09 Å². The van der Waals surface area contributed by atoms with Crippen molar-refractivity contribution in [1.29, 1.82) is 0 Å². The van der Waals surface area contributed by atoms with Gasteiger partial charge in [-0.2, -0.15) is 0 Å². The van der Waals surface area contributed by atoms with Crippen LogP contribution in [-0.4, -0.2) is 42.4 Å². The van der Waals surface area contributed by atoms with E-state index in [1.54, 1.807) is 4.90 Å². The van der Waals surface area contributed by atoms with E-state index in [4.69, 9.17) is 9.84 Å². The summed E-state index contributed by atoms with van der Waals surface area (Å²) in [7, 11) is 0. The summed E-state index contributed by atoms with van der Waals surface area (Å²) in [4.78, 5) is 13.1. The summed E-state index contributed by atoms with van der Waals surface area (Å²) in [5, 5.41) is 8.50. The number of carbonyl (C=O) groups excluding carboxylic acids is 1. The summed E-state index contributed by atoms with van der Waals surface area (Å²) in [6.07, 6.45) is 4.86. The Balaban J connectivity index is 1.73. The first-order valence-corrected chi connectivity index (χ1v) is 5.28.